The Bertz CT molecular complexity index is 1320. The minimum Gasteiger partial charge on any atom is -0.491 e. The Kier molecular flexibility index (Phi) is 9.69. The molecule has 200 valence electrons. The fourth-order valence-electron chi connectivity index (χ4n) is 4.12. The molecule has 0 saturated heterocycles. The fourth-order valence-corrected chi connectivity index (χ4v) is 6.30. The fraction of sp³-hybridized carbons (Fsp3) is 0.370. The van der Waals surface area contributed by atoms with Crippen molar-refractivity contribution in [2.75, 3.05) is 20.3 Å². The number of rotatable bonds is 10. The van der Waals surface area contributed by atoms with Crippen molar-refractivity contribution in [3.8, 4) is 5.75 Å². The minimum absolute atomic E-state index is 0.0155. The number of esters is 1. The molecule has 10 heteroatoms. The third kappa shape index (κ3) is 6.32. The van der Waals surface area contributed by atoms with E-state index in [1.54, 1.807) is 44.2 Å². The van der Waals surface area contributed by atoms with Gasteiger partial charge in [-0.3, -0.25) is 0 Å². The zero-order valence-electron chi connectivity index (χ0n) is 21.4. The van der Waals surface area contributed by atoms with E-state index < -0.39 is 21.7 Å². The first kappa shape index (κ1) is 29.0. The molecule has 1 N–H and O–H groups in total. The Morgan fingerprint density at radius 1 is 1.05 bits per heavy atom. The number of benzene rings is 2. The van der Waals surface area contributed by atoms with Gasteiger partial charge < -0.3 is 19.5 Å². The van der Waals surface area contributed by atoms with Crippen molar-refractivity contribution in [1.82, 2.24) is 5.32 Å². The van der Waals surface area contributed by atoms with E-state index in [1.807, 2.05) is 13.8 Å². The van der Waals surface area contributed by atoms with Crippen LogP contribution in [0.3, 0.4) is 0 Å². The zero-order chi connectivity index (χ0) is 27.3. The summed E-state index contributed by atoms with van der Waals surface area (Å²) in [4.78, 5) is 12.9. The Morgan fingerprint density at radius 2 is 1.73 bits per heavy atom. The molecule has 1 aliphatic heterocycles. The largest absolute Gasteiger partial charge is 0.491 e. The Balaban J connectivity index is 2.01. The summed E-state index contributed by atoms with van der Waals surface area (Å²) in [5.74, 6) is -1.19. The first-order valence-electron chi connectivity index (χ1n) is 11.8. The van der Waals surface area contributed by atoms with Gasteiger partial charge in [0.25, 0.3) is 0 Å². The maximum atomic E-state index is 14.0. The van der Waals surface area contributed by atoms with Crippen LogP contribution in [0.2, 0.25) is 10.0 Å². The van der Waals surface area contributed by atoms with E-state index in [0.29, 0.717) is 35.9 Å². The van der Waals surface area contributed by atoms with Crippen LogP contribution >= 0.6 is 23.2 Å². The zero-order valence-corrected chi connectivity index (χ0v) is 23.8. The molecule has 0 saturated carbocycles. The third-order valence-corrected chi connectivity index (χ3v) is 9.00. The van der Waals surface area contributed by atoms with Gasteiger partial charge in [-0.25, -0.2) is 13.2 Å². The summed E-state index contributed by atoms with van der Waals surface area (Å²) < 4.78 is 44.3. The number of carbonyl (C=O) groups excluding carboxylic acids is 1. The Labute approximate surface area is 228 Å². The number of nitrogens with one attached hydrogen (secondary N) is 1. The monoisotopic (exact) mass is 567 g/mol. The van der Waals surface area contributed by atoms with Gasteiger partial charge in [-0.15, -0.1) is 0 Å². The summed E-state index contributed by atoms with van der Waals surface area (Å²) in [6, 6.07) is 11.0. The number of carbonyl (C=O) groups is 1. The maximum absolute atomic E-state index is 14.0. The van der Waals surface area contributed by atoms with Crippen LogP contribution < -0.4 is 10.1 Å². The van der Waals surface area contributed by atoms with Gasteiger partial charge in [0.15, 0.2) is 0 Å². The van der Waals surface area contributed by atoms with E-state index in [0.717, 1.165) is 6.42 Å². The second-order valence-electron chi connectivity index (χ2n) is 8.63. The maximum Gasteiger partial charge on any atom is 0.336 e. The minimum atomic E-state index is -4.10. The summed E-state index contributed by atoms with van der Waals surface area (Å²) in [5.41, 5.74) is 1.35. The predicted molar refractivity (Wildman–Crippen MR) is 145 cm³/mol. The molecule has 2 aromatic rings. The van der Waals surface area contributed by atoms with E-state index in [4.69, 9.17) is 37.4 Å². The third-order valence-electron chi connectivity index (χ3n) is 6.15. The molecule has 1 heterocycles. The molecule has 3 rings (SSSR count). The molecule has 7 nitrogen and oxygen atoms in total. The lowest BCUT2D eigenvalue weighted by atomic mass is 9.86. The van der Waals surface area contributed by atoms with E-state index in [1.165, 1.54) is 19.2 Å². The van der Waals surface area contributed by atoms with E-state index >= 15 is 0 Å². The highest BCUT2D eigenvalue weighted by Gasteiger charge is 2.41. The summed E-state index contributed by atoms with van der Waals surface area (Å²) in [6.07, 6.45) is 1.05. The summed E-state index contributed by atoms with van der Waals surface area (Å²) in [6.45, 7) is 8.12. The van der Waals surface area contributed by atoms with E-state index in [9.17, 15) is 13.2 Å². The lowest BCUT2D eigenvalue weighted by Gasteiger charge is -2.31. The van der Waals surface area contributed by atoms with Crippen LogP contribution in [-0.2, 0) is 24.1 Å². The van der Waals surface area contributed by atoms with Crippen molar-refractivity contribution in [3.05, 3.63) is 79.9 Å². The van der Waals surface area contributed by atoms with E-state index in [2.05, 4.69) is 5.32 Å². The topological polar surface area (TPSA) is 90.9 Å². The lowest BCUT2D eigenvalue weighted by Crippen LogP contribution is -2.31. The molecule has 0 bridgehead atoms. The molecule has 0 fully saturated rings. The second-order valence-corrected chi connectivity index (χ2v) is 11.3. The van der Waals surface area contributed by atoms with Crippen LogP contribution in [0.4, 0.5) is 0 Å². The summed E-state index contributed by atoms with van der Waals surface area (Å²) in [5, 5.41) is 3.43. The number of hydrogen-bond donors (Lipinski definition) is 1. The van der Waals surface area contributed by atoms with Crippen molar-refractivity contribution < 1.29 is 27.4 Å². The molecule has 0 aliphatic carbocycles. The number of methoxy groups -OCH3 is 1. The average Bonchev–Trinajstić information content (AvgIpc) is 2.87. The van der Waals surface area contributed by atoms with Crippen LogP contribution in [0.5, 0.6) is 5.75 Å². The van der Waals surface area contributed by atoms with Crippen molar-refractivity contribution in [3.63, 3.8) is 0 Å². The lowest BCUT2D eigenvalue weighted by molar-refractivity contribution is -0.136. The highest BCUT2D eigenvalue weighted by atomic mass is 35.5. The van der Waals surface area contributed by atoms with Crippen LogP contribution in [-0.4, -0.2) is 40.8 Å². The molecule has 2 unspecified atom stereocenters. The quantitative estimate of drug-likeness (QED) is 0.277. The van der Waals surface area contributed by atoms with Gasteiger partial charge in [-0.1, -0.05) is 42.3 Å². The Morgan fingerprint density at radius 3 is 2.35 bits per heavy atom. The Hall–Kier alpha value is -2.52. The van der Waals surface area contributed by atoms with Gasteiger partial charge in [-0.05, 0) is 63.1 Å². The second kappa shape index (κ2) is 12.3. The van der Waals surface area contributed by atoms with Crippen LogP contribution in [0, 0.1) is 0 Å². The SMILES string of the molecule is CCC(C)OCCOc1ccc(S(=O)(=O)C2=C(C)NC(C)=C(C(=O)OC)C2c2cccc(Cl)c2Cl)cc1. The van der Waals surface area contributed by atoms with Gasteiger partial charge in [-0.2, -0.15) is 0 Å². The first-order chi connectivity index (χ1) is 17.5. The molecule has 2 aromatic carbocycles. The number of sulfone groups is 1. The molecule has 1 aliphatic rings. The highest BCUT2D eigenvalue weighted by Crippen LogP contribution is 2.46. The van der Waals surface area contributed by atoms with E-state index in [-0.39, 0.29) is 31.5 Å². The summed E-state index contributed by atoms with van der Waals surface area (Å²) >= 11 is 12.8. The van der Waals surface area contributed by atoms with Crippen molar-refractivity contribution in [2.45, 2.75) is 51.0 Å². The molecule has 0 spiro atoms. The number of hydrogen-bond acceptors (Lipinski definition) is 7. The summed E-state index contributed by atoms with van der Waals surface area (Å²) in [7, 11) is -2.86. The predicted octanol–water partition coefficient (Wildman–Crippen LogP) is 6.03. The molecular weight excluding hydrogens is 537 g/mol. The number of ether oxygens (including phenoxy) is 3. The smallest absolute Gasteiger partial charge is 0.336 e. The standard InChI is InChI=1S/C27H31Cl2NO6S/c1-6-16(2)35-14-15-36-19-10-12-20(13-11-19)37(32,33)26-18(4)30-17(3)23(27(31)34-5)24(26)21-8-7-9-22(28)25(21)29/h7-13,16,24,30H,6,14-15H2,1-5H3. The van der Waals surface area contributed by atoms with Crippen LogP contribution in [0.15, 0.2) is 69.2 Å². The van der Waals surface area contributed by atoms with Gasteiger partial charge in [0, 0.05) is 11.4 Å². The number of halogens is 2. The normalized spacial score (nSPS) is 16.9. The van der Waals surface area contributed by atoms with Gasteiger partial charge in [0.2, 0.25) is 9.84 Å². The number of dihydropyridines is 1. The molecule has 37 heavy (non-hydrogen) atoms. The molecule has 0 radical (unpaired) electrons. The molecule has 0 amide bonds. The van der Waals surface area contributed by atoms with Gasteiger partial charge >= 0.3 is 5.97 Å². The first-order valence-corrected chi connectivity index (χ1v) is 14.1. The van der Waals surface area contributed by atoms with Crippen LogP contribution in [0.25, 0.3) is 0 Å². The molecule has 0 aromatic heterocycles. The average molecular weight is 569 g/mol. The van der Waals surface area contributed by atoms with Crippen molar-refractivity contribution in [1.29, 1.82) is 0 Å². The van der Waals surface area contributed by atoms with Gasteiger partial charge in [0.1, 0.15) is 12.4 Å². The molecule has 2 atom stereocenters. The van der Waals surface area contributed by atoms with Crippen molar-refractivity contribution >= 4 is 39.0 Å². The highest BCUT2D eigenvalue weighted by molar-refractivity contribution is 7.95. The molecular formula is C27H31Cl2NO6S. The van der Waals surface area contributed by atoms with Gasteiger partial charge in [0.05, 0.1) is 51.2 Å². The van der Waals surface area contributed by atoms with Crippen molar-refractivity contribution in [2.24, 2.45) is 0 Å². The number of allylic oxidation sites excluding steroid dienone is 3. The van der Waals surface area contributed by atoms with Crippen LogP contribution in [0.1, 0.15) is 45.6 Å².